The predicted molar refractivity (Wildman–Crippen MR) is 60.5 cm³/mol. The van der Waals surface area contributed by atoms with Crippen LogP contribution in [0.25, 0.3) is 0 Å². The van der Waals surface area contributed by atoms with E-state index in [1.807, 2.05) is 18.2 Å². The zero-order chi connectivity index (χ0) is 12.0. The van der Waals surface area contributed by atoms with Gasteiger partial charge in [-0.05, 0) is 30.4 Å². The lowest BCUT2D eigenvalue weighted by Crippen LogP contribution is -2.42. The third-order valence-corrected chi connectivity index (χ3v) is 3.51. The molecule has 17 heavy (non-hydrogen) atoms. The highest BCUT2D eigenvalue weighted by atomic mass is 16.4. The van der Waals surface area contributed by atoms with Gasteiger partial charge in [-0.3, -0.25) is 4.79 Å². The van der Waals surface area contributed by atoms with E-state index in [0.717, 1.165) is 18.4 Å². The SMILES string of the molecule is O=C(O)[C@H](C1CC1)N1Cc2ccccc2C1=O. The van der Waals surface area contributed by atoms with E-state index in [2.05, 4.69) is 0 Å². The van der Waals surface area contributed by atoms with Gasteiger partial charge in [-0.25, -0.2) is 4.79 Å². The topological polar surface area (TPSA) is 57.6 Å². The molecule has 2 aliphatic rings. The van der Waals surface area contributed by atoms with Crippen LogP contribution < -0.4 is 0 Å². The van der Waals surface area contributed by atoms with Gasteiger partial charge in [0.25, 0.3) is 5.91 Å². The molecule has 1 aromatic carbocycles. The second kappa shape index (κ2) is 3.58. The molecule has 1 heterocycles. The molecule has 1 aromatic rings. The lowest BCUT2D eigenvalue weighted by atomic mass is 10.1. The number of hydrogen-bond donors (Lipinski definition) is 1. The van der Waals surface area contributed by atoms with Gasteiger partial charge in [0.05, 0.1) is 0 Å². The molecular formula is C13H13NO3. The summed E-state index contributed by atoms with van der Waals surface area (Å²) in [4.78, 5) is 24.9. The van der Waals surface area contributed by atoms with Crippen molar-refractivity contribution in [2.45, 2.75) is 25.4 Å². The van der Waals surface area contributed by atoms with Crippen molar-refractivity contribution in [1.82, 2.24) is 4.90 Å². The number of hydrogen-bond acceptors (Lipinski definition) is 2. The fourth-order valence-corrected chi connectivity index (χ4v) is 2.50. The number of nitrogens with zero attached hydrogens (tertiary/aromatic N) is 1. The second-order valence-electron chi connectivity index (χ2n) is 4.71. The molecular weight excluding hydrogens is 218 g/mol. The first-order valence-corrected chi connectivity index (χ1v) is 5.80. The molecule has 0 unspecified atom stereocenters. The molecule has 1 N–H and O–H groups in total. The van der Waals surface area contributed by atoms with Crippen LogP contribution in [-0.4, -0.2) is 27.9 Å². The zero-order valence-electron chi connectivity index (χ0n) is 9.30. The van der Waals surface area contributed by atoms with Crippen LogP contribution in [0, 0.1) is 5.92 Å². The van der Waals surface area contributed by atoms with Crippen LogP contribution in [0.15, 0.2) is 24.3 Å². The van der Waals surface area contributed by atoms with Crippen molar-refractivity contribution in [3.05, 3.63) is 35.4 Å². The van der Waals surface area contributed by atoms with Gasteiger partial charge in [-0.15, -0.1) is 0 Å². The first-order valence-electron chi connectivity index (χ1n) is 5.80. The van der Waals surface area contributed by atoms with E-state index in [-0.39, 0.29) is 11.8 Å². The number of aliphatic carboxylic acids is 1. The summed E-state index contributed by atoms with van der Waals surface area (Å²) in [6.07, 6.45) is 1.83. The molecule has 4 nitrogen and oxygen atoms in total. The highest BCUT2D eigenvalue weighted by molar-refractivity contribution is 6.00. The number of carbonyl (C=O) groups excluding carboxylic acids is 1. The molecule has 1 saturated carbocycles. The van der Waals surface area contributed by atoms with Crippen molar-refractivity contribution >= 4 is 11.9 Å². The van der Waals surface area contributed by atoms with Gasteiger partial charge in [0.2, 0.25) is 0 Å². The van der Waals surface area contributed by atoms with E-state index >= 15 is 0 Å². The summed E-state index contributed by atoms with van der Waals surface area (Å²) in [6.45, 7) is 0.433. The van der Waals surface area contributed by atoms with E-state index in [0.29, 0.717) is 12.1 Å². The Balaban J connectivity index is 1.92. The van der Waals surface area contributed by atoms with Gasteiger partial charge in [0.1, 0.15) is 6.04 Å². The quantitative estimate of drug-likeness (QED) is 0.857. The van der Waals surface area contributed by atoms with E-state index in [1.165, 1.54) is 4.90 Å². The van der Waals surface area contributed by atoms with Crippen molar-refractivity contribution in [2.24, 2.45) is 5.92 Å². The smallest absolute Gasteiger partial charge is 0.326 e. The monoisotopic (exact) mass is 231 g/mol. The van der Waals surface area contributed by atoms with Gasteiger partial charge in [0.15, 0.2) is 0 Å². The molecule has 0 radical (unpaired) electrons. The predicted octanol–water partition coefficient (Wildman–Crippen LogP) is 1.51. The molecule has 1 fully saturated rings. The summed E-state index contributed by atoms with van der Waals surface area (Å²) >= 11 is 0. The fourth-order valence-electron chi connectivity index (χ4n) is 2.50. The van der Waals surface area contributed by atoms with Crippen molar-refractivity contribution in [3.63, 3.8) is 0 Å². The Hall–Kier alpha value is -1.84. The summed E-state index contributed by atoms with van der Waals surface area (Å²) in [7, 11) is 0. The van der Waals surface area contributed by atoms with Crippen molar-refractivity contribution in [1.29, 1.82) is 0 Å². The van der Waals surface area contributed by atoms with Gasteiger partial charge < -0.3 is 10.0 Å². The standard InChI is InChI=1S/C13H13NO3/c15-12-10-4-2-1-3-9(10)7-14(12)11(13(16)17)8-5-6-8/h1-4,8,11H,5-7H2,(H,16,17)/t11-/m0/s1. The molecule has 1 aliphatic heterocycles. The van der Waals surface area contributed by atoms with Crippen LogP contribution in [0.3, 0.4) is 0 Å². The number of fused-ring (bicyclic) bond motifs is 1. The van der Waals surface area contributed by atoms with Gasteiger partial charge in [0, 0.05) is 12.1 Å². The minimum absolute atomic E-state index is 0.139. The van der Waals surface area contributed by atoms with Gasteiger partial charge in [-0.2, -0.15) is 0 Å². The first-order chi connectivity index (χ1) is 8.18. The Morgan fingerprint density at radius 3 is 2.65 bits per heavy atom. The number of amides is 1. The number of carbonyl (C=O) groups is 2. The van der Waals surface area contributed by atoms with Crippen molar-refractivity contribution in [2.75, 3.05) is 0 Å². The Labute approximate surface area is 98.9 Å². The molecule has 1 atom stereocenters. The van der Waals surface area contributed by atoms with Crippen molar-refractivity contribution < 1.29 is 14.7 Å². The molecule has 1 amide bonds. The van der Waals surface area contributed by atoms with E-state index in [1.54, 1.807) is 6.07 Å². The van der Waals surface area contributed by atoms with Gasteiger partial charge >= 0.3 is 5.97 Å². The molecule has 4 heteroatoms. The average Bonchev–Trinajstić information content (AvgIpc) is 3.07. The molecule has 0 saturated heterocycles. The van der Waals surface area contributed by atoms with E-state index in [9.17, 15) is 14.7 Å². The third kappa shape index (κ3) is 1.60. The maximum absolute atomic E-state index is 12.1. The van der Waals surface area contributed by atoms with Crippen LogP contribution in [0.2, 0.25) is 0 Å². The van der Waals surface area contributed by atoms with Crippen LogP contribution >= 0.6 is 0 Å². The van der Waals surface area contributed by atoms with E-state index < -0.39 is 12.0 Å². The summed E-state index contributed by atoms with van der Waals surface area (Å²) in [5.74, 6) is -0.876. The summed E-state index contributed by atoms with van der Waals surface area (Å²) < 4.78 is 0. The van der Waals surface area contributed by atoms with E-state index in [4.69, 9.17) is 0 Å². The lowest BCUT2D eigenvalue weighted by molar-refractivity contribution is -0.143. The number of benzene rings is 1. The zero-order valence-corrected chi connectivity index (χ0v) is 9.30. The normalized spacial score (nSPS) is 20.2. The van der Waals surface area contributed by atoms with Crippen LogP contribution in [0.4, 0.5) is 0 Å². The van der Waals surface area contributed by atoms with Gasteiger partial charge in [-0.1, -0.05) is 18.2 Å². The Kier molecular flexibility index (Phi) is 2.18. The molecule has 0 aromatic heterocycles. The lowest BCUT2D eigenvalue weighted by Gasteiger charge is -2.23. The highest BCUT2D eigenvalue weighted by Crippen LogP contribution is 2.38. The second-order valence-corrected chi connectivity index (χ2v) is 4.71. The largest absolute Gasteiger partial charge is 0.480 e. The maximum Gasteiger partial charge on any atom is 0.326 e. The average molecular weight is 231 g/mol. The molecule has 1 aliphatic carbocycles. The van der Waals surface area contributed by atoms with Crippen LogP contribution in [-0.2, 0) is 11.3 Å². The summed E-state index contributed by atoms with van der Waals surface area (Å²) in [5.41, 5.74) is 1.59. The van der Waals surface area contributed by atoms with Crippen LogP contribution in [0.1, 0.15) is 28.8 Å². The molecule has 88 valence electrons. The summed E-state index contributed by atoms with van der Waals surface area (Å²) in [6, 6.07) is 6.70. The summed E-state index contributed by atoms with van der Waals surface area (Å²) in [5, 5.41) is 9.25. The number of rotatable bonds is 3. The highest BCUT2D eigenvalue weighted by Gasteiger charge is 2.44. The minimum Gasteiger partial charge on any atom is -0.480 e. The number of carboxylic acid groups (broad SMARTS) is 1. The van der Waals surface area contributed by atoms with Crippen molar-refractivity contribution in [3.8, 4) is 0 Å². The fraction of sp³-hybridized carbons (Fsp3) is 0.385. The van der Waals surface area contributed by atoms with Crippen LogP contribution in [0.5, 0.6) is 0 Å². The molecule has 0 bridgehead atoms. The molecule has 3 rings (SSSR count). The third-order valence-electron chi connectivity index (χ3n) is 3.51. The Morgan fingerprint density at radius 2 is 2.06 bits per heavy atom. The maximum atomic E-state index is 12.1. The minimum atomic E-state index is -0.881. The number of carboxylic acids is 1. The first kappa shape index (κ1) is 10.3. The molecule has 0 spiro atoms. The Morgan fingerprint density at radius 1 is 1.35 bits per heavy atom. The Bertz CT molecular complexity index is 493.